The third-order valence-corrected chi connectivity index (χ3v) is 3.72. The third kappa shape index (κ3) is 4.38. The van der Waals surface area contributed by atoms with Crippen LogP contribution in [0.15, 0.2) is 28.1 Å². The predicted octanol–water partition coefficient (Wildman–Crippen LogP) is 4.69. The second-order valence-corrected chi connectivity index (χ2v) is 5.61. The van der Waals surface area contributed by atoms with E-state index < -0.39 is 6.36 Å². The molecule has 1 heterocycles. The van der Waals surface area contributed by atoms with Crippen LogP contribution in [0.4, 0.5) is 13.2 Å². The molecule has 0 radical (unpaired) electrons. The molecule has 2 rings (SSSR count). The van der Waals surface area contributed by atoms with E-state index >= 15 is 0 Å². The molecule has 20 heavy (non-hydrogen) atoms. The molecule has 8 heteroatoms. The Hall–Kier alpha value is -1.28. The van der Waals surface area contributed by atoms with Crippen LogP contribution in [0, 0.1) is 6.92 Å². The van der Waals surface area contributed by atoms with Crippen molar-refractivity contribution in [2.24, 2.45) is 0 Å². The third-order valence-electron chi connectivity index (χ3n) is 2.16. The van der Waals surface area contributed by atoms with Crippen LogP contribution in [0.5, 0.6) is 11.5 Å². The Bertz CT molecular complexity index is 601. The average molecular weight is 368 g/mol. The second kappa shape index (κ2) is 6.01. The Morgan fingerprint density at radius 2 is 2.10 bits per heavy atom. The molecule has 0 fully saturated rings. The predicted molar refractivity (Wildman–Crippen MR) is 72.0 cm³/mol. The van der Waals surface area contributed by atoms with Crippen molar-refractivity contribution in [3.63, 3.8) is 0 Å². The number of ether oxygens (including phenoxy) is 2. The summed E-state index contributed by atoms with van der Waals surface area (Å²) in [7, 11) is 0. The first-order chi connectivity index (χ1) is 9.33. The van der Waals surface area contributed by atoms with Crippen LogP contribution >= 0.6 is 27.3 Å². The number of halogens is 4. The molecule has 0 amide bonds. The summed E-state index contributed by atoms with van der Waals surface area (Å²) in [5.41, 5.74) is 0.906. The maximum absolute atomic E-state index is 12.1. The highest BCUT2D eigenvalue weighted by Crippen LogP contribution is 2.33. The summed E-state index contributed by atoms with van der Waals surface area (Å²) in [6, 6.07) is 4.02. The summed E-state index contributed by atoms with van der Waals surface area (Å²) >= 11 is 4.47. The average Bonchev–Trinajstić information content (AvgIpc) is 2.74. The highest BCUT2D eigenvalue weighted by atomic mass is 79.9. The minimum Gasteiger partial charge on any atom is -0.486 e. The van der Waals surface area contributed by atoms with Crippen molar-refractivity contribution in [2.45, 2.75) is 19.9 Å². The lowest BCUT2D eigenvalue weighted by Gasteiger charge is -2.11. The number of benzene rings is 1. The van der Waals surface area contributed by atoms with Gasteiger partial charge >= 0.3 is 6.36 Å². The molecule has 0 N–H and O–H groups in total. The standard InChI is InChI=1S/C12H9BrF3NO2S/c1-7-6-20-11(17-7)5-18-8-2-3-10(9(13)4-8)19-12(14,15)16/h2-4,6H,5H2,1H3. The molecule has 0 unspecified atom stereocenters. The Kier molecular flexibility index (Phi) is 4.54. The van der Waals surface area contributed by atoms with Crippen LogP contribution in [0.1, 0.15) is 10.7 Å². The number of aromatic nitrogens is 1. The molecule has 0 spiro atoms. The Labute approximate surface area is 125 Å². The van der Waals surface area contributed by atoms with Gasteiger partial charge in [-0.1, -0.05) is 0 Å². The zero-order chi connectivity index (χ0) is 14.8. The van der Waals surface area contributed by atoms with E-state index in [-0.39, 0.29) is 16.8 Å². The van der Waals surface area contributed by atoms with E-state index in [1.54, 1.807) is 0 Å². The van der Waals surface area contributed by atoms with Gasteiger partial charge in [0.25, 0.3) is 0 Å². The van der Waals surface area contributed by atoms with Gasteiger partial charge < -0.3 is 9.47 Å². The van der Waals surface area contributed by atoms with E-state index in [0.29, 0.717) is 5.75 Å². The molecule has 0 saturated carbocycles. The maximum atomic E-state index is 12.1. The summed E-state index contributed by atoms with van der Waals surface area (Å²) < 4.78 is 45.8. The van der Waals surface area contributed by atoms with Crippen molar-refractivity contribution >= 4 is 27.3 Å². The van der Waals surface area contributed by atoms with Gasteiger partial charge in [-0.3, -0.25) is 0 Å². The molecule has 108 valence electrons. The Balaban J connectivity index is 2.01. The zero-order valence-corrected chi connectivity index (χ0v) is 12.6. The number of aryl methyl sites for hydroxylation is 1. The number of thiazole rings is 1. The summed E-state index contributed by atoms with van der Waals surface area (Å²) in [6.45, 7) is 2.14. The van der Waals surface area contributed by atoms with Crippen molar-refractivity contribution < 1.29 is 22.6 Å². The molecular formula is C12H9BrF3NO2S. The van der Waals surface area contributed by atoms with Gasteiger partial charge in [0.15, 0.2) is 0 Å². The number of hydrogen-bond donors (Lipinski definition) is 0. The van der Waals surface area contributed by atoms with Gasteiger partial charge in [-0.05, 0) is 41.1 Å². The number of hydrogen-bond acceptors (Lipinski definition) is 4. The van der Waals surface area contributed by atoms with Gasteiger partial charge in [0.1, 0.15) is 23.1 Å². The Morgan fingerprint density at radius 1 is 1.35 bits per heavy atom. The monoisotopic (exact) mass is 367 g/mol. The number of rotatable bonds is 4. The fourth-order valence-electron chi connectivity index (χ4n) is 1.39. The van der Waals surface area contributed by atoms with Gasteiger partial charge in [-0.2, -0.15) is 0 Å². The smallest absolute Gasteiger partial charge is 0.486 e. The molecule has 0 saturated heterocycles. The molecule has 0 atom stereocenters. The van der Waals surface area contributed by atoms with Crippen LogP contribution in [0.2, 0.25) is 0 Å². The van der Waals surface area contributed by atoms with Gasteiger partial charge in [-0.15, -0.1) is 24.5 Å². The maximum Gasteiger partial charge on any atom is 0.573 e. The molecule has 3 nitrogen and oxygen atoms in total. The minimum atomic E-state index is -4.72. The molecule has 0 bridgehead atoms. The van der Waals surface area contributed by atoms with E-state index in [1.165, 1.54) is 29.5 Å². The molecule has 1 aromatic carbocycles. The summed E-state index contributed by atoms with van der Waals surface area (Å²) in [6.07, 6.45) is -4.72. The largest absolute Gasteiger partial charge is 0.573 e. The molecular weight excluding hydrogens is 359 g/mol. The van der Waals surface area contributed by atoms with Crippen molar-refractivity contribution in [1.82, 2.24) is 4.98 Å². The highest BCUT2D eigenvalue weighted by Gasteiger charge is 2.31. The topological polar surface area (TPSA) is 31.4 Å². The van der Waals surface area contributed by atoms with E-state index in [1.807, 2.05) is 12.3 Å². The van der Waals surface area contributed by atoms with Crippen molar-refractivity contribution in [1.29, 1.82) is 0 Å². The lowest BCUT2D eigenvalue weighted by Crippen LogP contribution is -2.17. The zero-order valence-electron chi connectivity index (χ0n) is 10.2. The lowest BCUT2D eigenvalue weighted by atomic mass is 10.3. The van der Waals surface area contributed by atoms with Crippen molar-refractivity contribution in [3.8, 4) is 11.5 Å². The summed E-state index contributed by atoms with van der Waals surface area (Å²) in [5.74, 6) is 0.120. The van der Waals surface area contributed by atoms with E-state index in [0.717, 1.165) is 10.7 Å². The fraction of sp³-hybridized carbons (Fsp3) is 0.250. The van der Waals surface area contributed by atoms with Crippen LogP contribution < -0.4 is 9.47 Å². The van der Waals surface area contributed by atoms with Crippen molar-refractivity contribution in [3.05, 3.63) is 38.8 Å². The molecule has 0 aliphatic rings. The fourth-order valence-corrected chi connectivity index (χ4v) is 2.51. The van der Waals surface area contributed by atoms with E-state index in [2.05, 4.69) is 25.7 Å². The molecule has 0 aliphatic heterocycles. The first-order valence-electron chi connectivity index (χ1n) is 5.42. The molecule has 2 aromatic rings. The van der Waals surface area contributed by atoms with Crippen LogP contribution in [-0.2, 0) is 6.61 Å². The van der Waals surface area contributed by atoms with E-state index in [9.17, 15) is 13.2 Å². The van der Waals surface area contributed by atoms with Crippen LogP contribution in [-0.4, -0.2) is 11.3 Å². The van der Waals surface area contributed by atoms with Gasteiger partial charge in [0.05, 0.1) is 4.47 Å². The van der Waals surface area contributed by atoms with Gasteiger partial charge in [-0.25, -0.2) is 4.98 Å². The van der Waals surface area contributed by atoms with E-state index in [4.69, 9.17) is 4.74 Å². The molecule has 0 aliphatic carbocycles. The minimum absolute atomic E-state index is 0.169. The number of alkyl halides is 3. The first kappa shape index (κ1) is 15.1. The van der Waals surface area contributed by atoms with Gasteiger partial charge in [0.2, 0.25) is 0 Å². The summed E-state index contributed by atoms with van der Waals surface area (Å²) in [4.78, 5) is 4.22. The normalized spacial score (nSPS) is 11.4. The first-order valence-corrected chi connectivity index (χ1v) is 7.10. The van der Waals surface area contributed by atoms with Gasteiger partial charge in [0, 0.05) is 11.1 Å². The second-order valence-electron chi connectivity index (χ2n) is 3.81. The Morgan fingerprint density at radius 3 is 2.65 bits per heavy atom. The quantitative estimate of drug-likeness (QED) is 0.785. The molecule has 1 aromatic heterocycles. The van der Waals surface area contributed by atoms with Crippen molar-refractivity contribution in [2.75, 3.05) is 0 Å². The SMILES string of the molecule is Cc1csc(COc2ccc(OC(F)(F)F)c(Br)c2)n1. The summed E-state index contributed by atoms with van der Waals surface area (Å²) in [5, 5.41) is 2.70. The van der Waals surface area contributed by atoms with Crippen LogP contribution in [0.3, 0.4) is 0 Å². The number of nitrogens with zero attached hydrogens (tertiary/aromatic N) is 1. The lowest BCUT2D eigenvalue weighted by molar-refractivity contribution is -0.274. The highest BCUT2D eigenvalue weighted by molar-refractivity contribution is 9.10. The van der Waals surface area contributed by atoms with Crippen LogP contribution in [0.25, 0.3) is 0 Å².